The number of likely N-dealkylation sites (N-methyl/N-ethyl adjacent to an activating group) is 1. The van der Waals surface area contributed by atoms with Crippen LogP contribution in [-0.4, -0.2) is 34.0 Å². The zero-order chi connectivity index (χ0) is 10.8. The molecule has 1 rings (SSSR count). The van der Waals surface area contributed by atoms with Gasteiger partial charge in [-0.05, 0) is 19.8 Å². The predicted molar refractivity (Wildman–Crippen MR) is 51.9 cm³/mol. The number of rotatable bonds is 3. The van der Waals surface area contributed by atoms with Gasteiger partial charge in [0.15, 0.2) is 0 Å². The van der Waals surface area contributed by atoms with Gasteiger partial charge in [0.25, 0.3) is 0 Å². The Balaban J connectivity index is 2.96. The fourth-order valence-corrected chi connectivity index (χ4v) is 2.39. The van der Waals surface area contributed by atoms with Crippen LogP contribution >= 0.6 is 0 Å². The molecule has 14 heavy (non-hydrogen) atoms. The van der Waals surface area contributed by atoms with E-state index in [2.05, 4.69) is 0 Å². The van der Waals surface area contributed by atoms with E-state index < -0.39 is 11.5 Å². The first-order valence-corrected chi connectivity index (χ1v) is 5.06. The Labute approximate surface area is 83.9 Å². The molecule has 0 heterocycles. The number of hydrogen-bond donors (Lipinski definition) is 1. The summed E-state index contributed by atoms with van der Waals surface area (Å²) in [5.74, 6) is -0.996. The highest BCUT2D eigenvalue weighted by Gasteiger charge is 2.46. The molecule has 1 fully saturated rings. The van der Waals surface area contributed by atoms with E-state index in [0.717, 1.165) is 12.8 Å². The van der Waals surface area contributed by atoms with E-state index in [4.69, 9.17) is 0 Å². The molecule has 0 aliphatic heterocycles. The first-order chi connectivity index (χ1) is 6.54. The summed E-state index contributed by atoms with van der Waals surface area (Å²) in [5, 5.41) is 9.22. The summed E-state index contributed by atoms with van der Waals surface area (Å²) in [4.78, 5) is 24.1. The third kappa shape index (κ3) is 1.61. The SMILES string of the molecule is CCN(C(C)=O)C1(C(=O)O)CCCC1. The van der Waals surface area contributed by atoms with Gasteiger partial charge in [-0.25, -0.2) is 4.79 Å². The van der Waals surface area contributed by atoms with Crippen molar-refractivity contribution in [2.45, 2.75) is 45.1 Å². The molecule has 1 aliphatic carbocycles. The van der Waals surface area contributed by atoms with Crippen LogP contribution in [-0.2, 0) is 9.59 Å². The largest absolute Gasteiger partial charge is 0.479 e. The zero-order valence-electron chi connectivity index (χ0n) is 8.75. The van der Waals surface area contributed by atoms with Crippen LogP contribution in [0.4, 0.5) is 0 Å². The quantitative estimate of drug-likeness (QED) is 0.744. The minimum absolute atomic E-state index is 0.142. The van der Waals surface area contributed by atoms with E-state index in [0.29, 0.717) is 19.4 Å². The standard InChI is InChI=1S/C10H17NO3/c1-3-11(8(2)12)10(9(13)14)6-4-5-7-10/h3-7H2,1-2H3,(H,13,14). The highest BCUT2D eigenvalue weighted by atomic mass is 16.4. The maximum Gasteiger partial charge on any atom is 0.329 e. The summed E-state index contributed by atoms with van der Waals surface area (Å²) >= 11 is 0. The van der Waals surface area contributed by atoms with Crippen molar-refractivity contribution in [2.75, 3.05) is 6.54 Å². The van der Waals surface area contributed by atoms with Gasteiger partial charge in [0.1, 0.15) is 5.54 Å². The van der Waals surface area contributed by atoms with Crippen LogP contribution in [0.2, 0.25) is 0 Å². The Bertz CT molecular complexity index is 244. The van der Waals surface area contributed by atoms with Crippen LogP contribution < -0.4 is 0 Å². The number of carboxylic acid groups (broad SMARTS) is 1. The van der Waals surface area contributed by atoms with Crippen LogP contribution in [0.1, 0.15) is 39.5 Å². The van der Waals surface area contributed by atoms with Crippen molar-refractivity contribution in [3.05, 3.63) is 0 Å². The number of hydrogen-bond acceptors (Lipinski definition) is 2. The number of carboxylic acids is 1. The van der Waals surface area contributed by atoms with Crippen molar-refractivity contribution in [1.29, 1.82) is 0 Å². The highest BCUT2D eigenvalue weighted by molar-refractivity contribution is 5.86. The number of nitrogens with zero attached hydrogens (tertiary/aromatic N) is 1. The Hall–Kier alpha value is -1.06. The van der Waals surface area contributed by atoms with Crippen molar-refractivity contribution in [2.24, 2.45) is 0 Å². The monoisotopic (exact) mass is 199 g/mol. The third-order valence-corrected chi connectivity index (χ3v) is 3.04. The molecule has 4 nitrogen and oxygen atoms in total. The minimum atomic E-state index is -0.916. The van der Waals surface area contributed by atoms with Crippen molar-refractivity contribution >= 4 is 11.9 Å². The van der Waals surface area contributed by atoms with Crippen LogP contribution in [0.15, 0.2) is 0 Å². The van der Waals surface area contributed by atoms with Crippen molar-refractivity contribution in [3.63, 3.8) is 0 Å². The van der Waals surface area contributed by atoms with Gasteiger partial charge >= 0.3 is 5.97 Å². The average Bonchev–Trinajstić information content (AvgIpc) is 2.54. The second kappa shape index (κ2) is 3.98. The molecule has 0 radical (unpaired) electrons. The van der Waals surface area contributed by atoms with Crippen LogP contribution in [0.25, 0.3) is 0 Å². The number of carbonyl (C=O) groups is 2. The second-order valence-electron chi connectivity index (χ2n) is 3.81. The van der Waals surface area contributed by atoms with Gasteiger partial charge in [0.05, 0.1) is 0 Å². The van der Waals surface area contributed by atoms with Crippen LogP contribution in [0.3, 0.4) is 0 Å². The molecule has 1 N–H and O–H groups in total. The zero-order valence-corrected chi connectivity index (χ0v) is 8.75. The topological polar surface area (TPSA) is 57.6 Å². The lowest BCUT2D eigenvalue weighted by molar-refractivity contribution is -0.158. The Morgan fingerprint density at radius 2 is 1.86 bits per heavy atom. The lowest BCUT2D eigenvalue weighted by atomic mass is 9.95. The second-order valence-corrected chi connectivity index (χ2v) is 3.81. The molecule has 1 saturated carbocycles. The van der Waals surface area contributed by atoms with E-state index in [9.17, 15) is 14.7 Å². The summed E-state index contributed by atoms with van der Waals surface area (Å²) < 4.78 is 0. The molecule has 1 aliphatic rings. The highest BCUT2D eigenvalue weighted by Crippen LogP contribution is 2.35. The van der Waals surface area contributed by atoms with Crippen molar-refractivity contribution in [3.8, 4) is 0 Å². The van der Waals surface area contributed by atoms with E-state index in [1.165, 1.54) is 11.8 Å². The van der Waals surface area contributed by atoms with Crippen molar-refractivity contribution in [1.82, 2.24) is 4.90 Å². The summed E-state index contributed by atoms with van der Waals surface area (Å²) in [5.41, 5.74) is -0.916. The van der Waals surface area contributed by atoms with Crippen molar-refractivity contribution < 1.29 is 14.7 Å². The third-order valence-electron chi connectivity index (χ3n) is 3.04. The summed E-state index contributed by atoms with van der Waals surface area (Å²) in [7, 11) is 0. The van der Waals surface area contributed by atoms with E-state index in [1.807, 2.05) is 6.92 Å². The predicted octanol–water partition coefficient (Wildman–Crippen LogP) is 1.25. The smallest absolute Gasteiger partial charge is 0.329 e. The Morgan fingerprint density at radius 1 is 1.36 bits per heavy atom. The first-order valence-electron chi connectivity index (χ1n) is 5.06. The molecular weight excluding hydrogens is 182 g/mol. The van der Waals surface area contributed by atoms with Gasteiger partial charge in [-0.3, -0.25) is 4.79 Å². The summed E-state index contributed by atoms with van der Waals surface area (Å²) in [6.45, 7) is 3.73. The fraction of sp³-hybridized carbons (Fsp3) is 0.800. The first kappa shape index (κ1) is 11.0. The molecule has 0 aromatic carbocycles. The summed E-state index contributed by atoms with van der Waals surface area (Å²) in [6, 6.07) is 0. The van der Waals surface area contributed by atoms with Gasteiger partial charge < -0.3 is 10.0 Å². The Kier molecular flexibility index (Phi) is 3.13. The van der Waals surface area contributed by atoms with Crippen LogP contribution in [0, 0.1) is 0 Å². The number of aliphatic carboxylic acids is 1. The lowest BCUT2D eigenvalue weighted by Gasteiger charge is -2.36. The molecule has 0 unspecified atom stereocenters. The molecular formula is C10H17NO3. The minimum Gasteiger partial charge on any atom is -0.479 e. The molecule has 0 aromatic rings. The van der Waals surface area contributed by atoms with E-state index in [-0.39, 0.29) is 5.91 Å². The Morgan fingerprint density at radius 3 is 2.14 bits per heavy atom. The molecule has 80 valence electrons. The van der Waals surface area contributed by atoms with Crippen LogP contribution in [0.5, 0.6) is 0 Å². The average molecular weight is 199 g/mol. The molecule has 0 atom stereocenters. The molecule has 0 bridgehead atoms. The molecule has 4 heteroatoms. The van der Waals surface area contributed by atoms with Gasteiger partial charge in [-0.1, -0.05) is 12.8 Å². The maximum atomic E-state index is 11.3. The summed E-state index contributed by atoms with van der Waals surface area (Å²) in [6.07, 6.45) is 2.98. The van der Waals surface area contributed by atoms with E-state index >= 15 is 0 Å². The van der Waals surface area contributed by atoms with Gasteiger partial charge in [0.2, 0.25) is 5.91 Å². The number of carbonyl (C=O) groups excluding carboxylic acids is 1. The van der Waals surface area contributed by atoms with Gasteiger partial charge in [0, 0.05) is 13.5 Å². The molecule has 0 spiro atoms. The van der Waals surface area contributed by atoms with E-state index in [1.54, 1.807) is 0 Å². The maximum absolute atomic E-state index is 11.3. The molecule has 0 saturated heterocycles. The normalized spacial score (nSPS) is 19.3. The fourth-order valence-electron chi connectivity index (χ4n) is 2.39. The van der Waals surface area contributed by atoms with Gasteiger partial charge in [-0.15, -0.1) is 0 Å². The molecule has 0 aromatic heterocycles. The van der Waals surface area contributed by atoms with Gasteiger partial charge in [-0.2, -0.15) is 0 Å². The molecule has 1 amide bonds. The number of amides is 1. The lowest BCUT2D eigenvalue weighted by Crippen LogP contribution is -2.54.